The number of pyridine rings is 1. The van der Waals surface area contributed by atoms with Crippen LogP contribution in [0, 0.1) is 5.82 Å². The monoisotopic (exact) mass is 225 g/mol. The Balaban J connectivity index is 2.08. The van der Waals surface area contributed by atoms with E-state index in [4.69, 9.17) is 10.5 Å². The topological polar surface area (TPSA) is 60.2 Å². The molecule has 3 N–H and O–H groups in total. The van der Waals surface area contributed by atoms with Gasteiger partial charge in [-0.3, -0.25) is 0 Å². The summed E-state index contributed by atoms with van der Waals surface area (Å²) >= 11 is 0. The number of ether oxygens (including phenoxy) is 1. The van der Waals surface area contributed by atoms with Gasteiger partial charge in [0.1, 0.15) is 11.6 Å². The largest absolute Gasteiger partial charge is 0.381 e. The minimum absolute atomic E-state index is 0.164. The minimum Gasteiger partial charge on any atom is -0.381 e. The molecular weight excluding hydrogens is 209 g/mol. The number of rotatable bonds is 3. The van der Waals surface area contributed by atoms with Crippen molar-refractivity contribution in [2.24, 2.45) is 5.73 Å². The Kier molecular flexibility index (Phi) is 3.36. The molecule has 16 heavy (non-hydrogen) atoms. The Morgan fingerprint density at radius 2 is 2.19 bits per heavy atom. The van der Waals surface area contributed by atoms with Gasteiger partial charge in [0, 0.05) is 19.8 Å². The molecule has 0 atom stereocenters. The maximum atomic E-state index is 12.7. The lowest BCUT2D eigenvalue weighted by Crippen LogP contribution is -2.49. The Labute approximate surface area is 94.0 Å². The molecule has 0 unspecified atom stereocenters. The lowest BCUT2D eigenvalue weighted by atomic mass is 9.90. The second-order valence-electron chi connectivity index (χ2n) is 4.08. The average molecular weight is 225 g/mol. The first-order valence-corrected chi connectivity index (χ1v) is 5.42. The van der Waals surface area contributed by atoms with Crippen molar-refractivity contribution >= 4 is 5.82 Å². The summed E-state index contributed by atoms with van der Waals surface area (Å²) in [6.07, 6.45) is 2.90. The molecule has 1 aromatic rings. The lowest BCUT2D eigenvalue weighted by molar-refractivity contribution is 0.0627. The summed E-state index contributed by atoms with van der Waals surface area (Å²) in [6.45, 7) is 1.92. The number of hydrogen-bond donors (Lipinski definition) is 2. The second-order valence-corrected chi connectivity index (χ2v) is 4.08. The second kappa shape index (κ2) is 4.76. The van der Waals surface area contributed by atoms with Crippen molar-refractivity contribution in [3.63, 3.8) is 0 Å². The molecule has 0 radical (unpaired) electrons. The SMILES string of the molecule is NCC1(Nc2ccc(F)cn2)CCOCC1. The predicted octanol–water partition coefficient (Wildman–Crippen LogP) is 1.14. The molecule has 0 bridgehead atoms. The molecule has 1 aliphatic heterocycles. The third kappa shape index (κ3) is 2.48. The molecular formula is C11H16FN3O. The van der Waals surface area contributed by atoms with Gasteiger partial charge in [-0.05, 0) is 25.0 Å². The maximum Gasteiger partial charge on any atom is 0.141 e. The van der Waals surface area contributed by atoms with Crippen molar-refractivity contribution < 1.29 is 9.13 Å². The first-order chi connectivity index (χ1) is 7.74. The highest BCUT2D eigenvalue weighted by Gasteiger charge is 2.31. The summed E-state index contributed by atoms with van der Waals surface area (Å²) < 4.78 is 18.0. The van der Waals surface area contributed by atoms with Gasteiger partial charge in [0.05, 0.1) is 11.7 Å². The van der Waals surface area contributed by atoms with Crippen LogP contribution in [0.2, 0.25) is 0 Å². The molecule has 1 aliphatic rings. The van der Waals surface area contributed by atoms with Crippen molar-refractivity contribution in [1.82, 2.24) is 4.98 Å². The number of halogens is 1. The van der Waals surface area contributed by atoms with Gasteiger partial charge in [-0.2, -0.15) is 0 Å². The van der Waals surface area contributed by atoms with E-state index >= 15 is 0 Å². The van der Waals surface area contributed by atoms with Crippen LogP contribution < -0.4 is 11.1 Å². The van der Waals surface area contributed by atoms with Gasteiger partial charge in [-0.1, -0.05) is 0 Å². The predicted molar refractivity (Wildman–Crippen MR) is 59.7 cm³/mol. The summed E-state index contributed by atoms with van der Waals surface area (Å²) in [4.78, 5) is 3.98. The molecule has 1 saturated heterocycles. The van der Waals surface area contributed by atoms with Crippen LogP contribution in [0.5, 0.6) is 0 Å². The van der Waals surface area contributed by atoms with Crippen molar-refractivity contribution in [2.45, 2.75) is 18.4 Å². The van der Waals surface area contributed by atoms with Gasteiger partial charge in [0.25, 0.3) is 0 Å². The summed E-state index contributed by atoms with van der Waals surface area (Å²) in [6, 6.07) is 3.01. The van der Waals surface area contributed by atoms with Crippen molar-refractivity contribution in [2.75, 3.05) is 25.1 Å². The lowest BCUT2D eigenvalue weighted by Gasteiger charge is -2.37. The van der Waals surface area contributed by atoms with E-state index in [2.05, 4.69) is 10.3 Å². The first-order valence-electron chi connectivity index (χ1n) is 5.42. The molecule has 0 spiro atoms. The maximum absolute atomic E-state index is 12.7. The third-order valence-electron chi connectivity index (χ3n) is 2.96. The van der Waals surface area contributed by atoms with Crippen LogP contribution in [0.3, 0.4) is 0 Å². The van der Waals surface area contributed by atoms with Gasteiger partial charge in [0.15, 0.2) is 0 Å². The van der Waals surface area contributed by atoms with Crippen LogP contribution in [0.1, 0.15) is 12.8 Å². The van der Waals surface area contributed by atoms with E-state index in [0.717, 1.165) is 12.8 Å². The molecule has 4 nitrogen and oxygen atoms in total. The van der Waals surface area contributed by atoms with E-state index in [1.54, 1.807) is 6.07 Å². The molecule has 0 aliphatic carbocycles. The molecule has 2 rings (SSSR count). The highest BCUT2D eigenvalue weighted by molar-refractivity contribution is 5.37. The first kappa shape index (κ1) is 11.3. The van der Waals surface area contributed by atoms with E-state index in [-0.39, 0.29) is 11.4 Å². The summed E-state index contributed by atoms with van der Waals surface area (Å²) in [7, 11) is 0. The van der Waals surface area contributed by atoms with E-state index < -0.39 is 0 Å². The molecule has 0 saturated carbocycles. The van der Waals surface area contributed by atoms with Gasteiger partial charge in [-0.25, -0.2) is 9.37 Å². The average Bonchev–Trinajstić information content (AvgIpc) is 2.33. The standard InChI is InChI=1S/C11H16FN3O/c12-9-1-2-10(14-7-9)15-11(8-13)3-5-16-6-4-11/h1-2,7H,3-6,8,13H2,(H,14,15). The van der Waals surface area contributed by atoms with E-state index in [9.17, 15) is 4.39 Å². The Hall–Kier alpha value is -1.20. The summed E-state index contributed by atoms with van der Waals surface area (Å²) in [5.74, 6) is 0.327. The Morgan fingerprint density at radius 1 is 1.44 bits per heavy atom. The highest BCUT2D eigenvalue weighted by Crippen LogP contribution is 2.23. The van der Waals surface area contributed by atoms with Crippen molar-refractivity contribution in [3.8, 4) is 0 Å². The number of anilines is 1. The highest BCUT2D eigenvalue weighted by atomic mass is 19.1. The van der Waals surface area contributed by atoms with E-state index in [0.29, 0.717) is 25.6 Å². The van der Waals surface area contributed by atoms with Gasteiger partial charge >= 0.3 is 0 Å². The summed E-state index contributed by atoms with van der Waals surface area (Å²) in [5.41, 5.74) is 5.63. The van der Waals surface area contributed by atoms with Crippen LogP contribution in [-0.4, -0.2) is 30.3 Å². The minimum atomic E-state index is -0.334. The molecule has 0 amide bonds. The zero-order valence-corrected chi connectivity index (χ0v) is 9.08. The fraction of sp³-hybridized carbons (Fsp3) is 0.545. The number of aromatic nitrogens is 1. The third-order valence-corrected chi connectivity index (χ3v) is 2.96. The van der Waals surface area contributed by atoms with Gasteiger partial charge < -0.3 is 15.8 Å². The number of nitrogens with one attached hydrogen (secondary N) is 1. The molecule has 88 valence electrons. The molecule has 1 fully saturated rings. The van der Waals surface area contributed by atoms with Crippen LogP contribution in [-0.2, 0) is 4.74 Å². The molecule has 1 aromatic heterocycles. The Morgan fingerprint density at radius 3 is 2.75 bits per heavy atom. The number of nitrogens with two attached hydrogens (primary N) is 1. The zero-order chi connectivity index (χ0) is 11.4. The van der Waals surface area contributed by atoms with Crippen LogP contribution >= 0.6 is 0 Å². The van der Waals surface area contributed by atoms with Crippen molar-refractivity contribution in [3.05, 3.63) is 24.1 Å². The molecule has 0 aromatic carbocycles. The van der Waals surface area contributed by atoms with E-state index in [1.807, 2.05) is 0 Å². The molecule has 5 heteroatoms. The normalized spacial score (nSPS) is 19.4. The zero-order valence-electron chi connectivity index (χ0n) is 9.08. The number of nitrogens with zero attached hydrogens (tertiary/aromatic N) is 1. The van der Waals surface area contributed by atoms with Gasteiger partial charge in [0.2, 0.25) is 0 Å². The molecule has 2 heterocycles. The Bertz CT molecular complexity index is 336. The quantitative estimate of drug-likeness (QED) is 0.810. The summed E-state index contributed by atoms with van der Waals surface area (Å²) in [5, 5.41) is 3.29. The smallest absolute Gasteiger partial charge is 0.141 e. The fourth-order valence-corrected chi connectivity index (χ4v) is 1.86. The number of hydrogen-bond acceptors (Lipinski definition) is 4. The van der Waals surface area contributed by atoms with Crippen LogP contribution in [0.4, 0.5) is 10.2 Å². The van der Waals surface area contributed by atoms with Crippen LogP contribution in [0.25, 0.3) is 0 Å². The van der Waals surface area contributed by atoms with Crippen LogP contribution in [0.15, 0.2) is 18.3 Å². The van der Waals surface area contributed by atoms with Gasteiger partial charge in [-0.15, -0.1) is 0 Å². The fourth-order valence-electron chi connectivity index (χ4n) is 1.86. The van der Waals surface area contributed by atoms with E-state index in [1.165, 1.54) is 12.3 Å². The van der Waals surface area contributed by atoms with Crippen molar-refractivity contribution in [1.29, 1.82) is 0 Å².